The van der Waals surface area contributed by atoms with Gasteiger partial charge in [0, 0.05) is 19.3 Å². The minimum atomic E-state index is -4.46. The van der Waals surface area contributed by atoms with E-state index in [0.717, 1.165) is 25.9 Å². The van der Waals surface area contributed by atoms with Crippen molar-refractivity contribution in [1.29, 1.82) is 0 Å². The van der Waals surface area contributed by atoms with Crippen molar-refractivity contribution >= 4 is 57.8 Å². The maximum Gasteiger partial charge on any atom is 0.408 e. The van der Waals surface area contributed by atoms with Crippen LogP contribution in [0.3, 0.4) is 0 Å². The first kappa shape index (κ1) is 21.5. The number of fused-ring (bicyclic) bond motifs is 1. The second-order valence-corrected chi connectivity index (χ2v) is 8.37. The smallest absolute Gasteiger partial charge is 0.320 e. The van der Waals surface area contributed by atoms with Crippen LogP contribution in [-0.4, -0.2) is 59.4 Å². The van der Waals surface area contributed by atoms with E-state index < -0.39 is 12.7 Å². The fourth-order valence-corrected chi connectivity index (χ4v) is 4.30. The van der Waals surface area contributed by atoms with Gasteiger partial charge in [0.15, 0.2) is 16.0 Å². The lowest BCUT2D eigenvalue weighted by Gasteiger charge is -2.30. The van der Waals surface area contributed by atoms with E-state index in [1.54, 1.807) is 18.1 Å². The number of piperidine rings is 1. The molecule has 1 aliphatic rings. The molecule has 30 heavy (non-hydrogen) atoms. The van der Waals surface area contributed by atoms with Gasteiger partial charge < -0.3 is 5.32 Å². The van der Waals surface area contributed by atoms with E-state index in [4.69, 9.17) is 23.2 Å². The number of alkyl halides is 3. The SMILES string of the molecule is CSN1CCC(n2cc(Nc3ncc4c(Cl)nn(CC(F)(F)F)c4n3)c(Cl)n2)CC1. The number of nitrogens with zero attached hydrogens (tertiary/aromatic N) is 7. The maximum absolute atomic E-state index is 12.8. The Labute approximate surface area is 183 Å². The number of aromatic nitrogens is 6. The summed E-state index contributed by atoms with van der Waals surface area (Å²) in [6.45, 7) is 0.603. The highest BCUT2D eigenvalue weighted by Gasteiger charge is 2.30. The van der Waals surface area contributed by atoms with Crippen LogP contribution in [0.4, 0.5) is 24.8 Å². The van der Waals surface area contributed by atoms with Gasteiger partial charge in [-0.2, -0.15) is 28.4 Å². The molecule has 0 spiro atoms. The molecule has 0 atom stereocenters. The van der Waals surface area contributed by atoms with Crippen molar-refractivity contribution in [3.05, 3.63) is 22.7 Å². The number of hydrogen-bond donors (Lipinski definition) is 1. The van der Waals surface area contributed by atoms with Gasteiger partial charge in [-0.15, -0.1) is 0 Å². The largest absolute Gasteiger partial charge is 0.408 e. The molecule has 0 bridgehead atoms. The molecule has 0 saturated carbocycles. The zero-order valence-corrected chi connectivity index (χ0v) is 18.0. The highest BCUT2D eigenvalue weighted by molar-refractivity contribution is 7.96. The van der Waals surface area contributed by atoms with E-state index in [9.17, 15) is 13.2 Å². The molecule has 3 aromatic rings. The van der Waals surface area contributed by atoms with Gasteiger partial charge in [-0.05, 0) is 19.1 Å². The van der Waals surface area contributed by atoms with Gasteiger partial charge >= 0.3 is 6.18 Å². The third kappa shape index (κ3) is 4.61. The number of halogens is 5. The fraction of sp³-hybridized carbons (Fsp3) is 0.500. The molecular formula is C16H17Cl2F3N8S. The summed E-state index contributed by atoms with van der Waals surface area (Å²) in [6.07, 6.45) is 2.55. The molecule has 3 aromatic heterocycles. The number of hydrogen-bond acceptors (Lipinski definition) is 7. The molecule has 0 radical (unpaired) electrons. The maximum atomic E-state index is 12.8. The van der Waals surface area contributed by atoms with E-state index >= 15 is 0 Å². The Morgan fingerprint density at radius 2 is 1.93 bits per heavy atom. The number of nitrogens with one attached hydrogen (secondary N) is 1. The Balaban J connectivity index is 1.56. The molecule has 0 aromatic carbocycles. The Bertz CT molecular complexity index is 1050. The highest BCUT2D eigenvalue weighted by Crippen LogP contribution is 2.31. The molecule has 1 aliphatic heterocycles. The molecule has 8 nitrogen and oxygen atoms in total. The average molecular weight is 481 g/mol. The zero-order chi connectivity index (χ0) is 21.5. The van der Waals surface area contributed by atoms with Gasteiger partial charge in [-0.3, -0.25) is 8.99 Å². The van der Waals surface area contributed by atoms with Crippen molar-refractivity contribution in [2.24, 2.45) is 0 Å². The first-order valence-corrected chi connectivity index (χ1v) is 10.9. The second kappa shape index (κ2) is 8.40. The molecule has 0 unspecified atom stereocenters. The van der Waals surface area contributed by atoms with Crippen molar-refractivity contribution in [3.63, 3.8) is 0 Å². The Morgan fingerprint density at radius 3 is 2.60 bits per heavy atom. The van der Waals surface area contributed by atoms with E-state index in [1.807, 2.05) is 4.68 Å². The minimum Gasteiger partial charge on any atom is -0.320 e. The lowest BCUT2D eigenvalue weighted by molar-refractivity contribution is -0.141. The lowest BCUT2D eigenvalue weighted by Crippen LogP contribution is -2.29. The van der Waals surface area contributed by atoms with E-state index in [0.29, 0.717) is 10.4 Å². The van der Waals surface area contributed by atoms with Crippen molar-refractivity contribution < 1.29 is 13.2 Å². The Morgan fingerprint density at radius 1 is 1.20 bits per heavy atom. The molecule has 0 amide bonds. The number of anilines is 2. The summed E-state index contributed by atoms with van der Waals surface area (Å²) < 4.78 is 43.2. The van der Waals surface area contributed by atoms with Crippen molar-refractivity contribution in [2.45, 2.75) is 31.6 Å². The summed E-state index contributed by atoms with van der Waals surface area (Å²) >= 11 is 13.9. The van der Waals surface area contributed by atoms with Gasteiger partial charge in [0.25, 0.3) is 0 Å². The third-order valence-corrected chi connectivity index (χ3v) is 6.20. The molecule has 4 heterocycles. The lowest BCUT2D eigenvalue weighted by atomic mass is 10.1. The molecule has 14 heteroatoms. The van der Waals surface area contributed by atoms with Crippen LogP contribution >= 0.6 is 35.1 Å². The first-order valence-electron chi connectivity index (χ1n) is 9.00. The van der Waals surface area contributed by atoms with Crippen LogP contribution in [0.5, 0.6) is 0 Å². The average Bonchev–Trinajstić information content (AvgIpc) is 3.20. The van der Waals surface area contributed by atoms with E-state index in [2.05, 4.69) is 36.0 Å². The zero-order valence-electron chi connectivity index (χ0n) is 15.7. The van der Waals surface area contributed by atoms with Gasteiger partial charge in [0.2, 0.25) is 5.95 Å². The second-order valence-electron chi connectivity index (χ2n) is 6.78. The summed E-state index contributed by atoms with van der Waals surface area (Å²) in [7, 11) is 0. The summed E-state index contributed by atoms with van der Waals surface area (Å²) in [5.41, 5.74) is 0.444. The van der Waals surface area contributed by atoms with Crippen LogP contribution in [-0.2, 0) is 6.54 Å². The fourth-order valence-electron chi connectivity index (χ4n) is 3.31. The summed E-state index contributed by atoms with van der Waals surface area (Å²) in [5.74, 6) is 0.0705. The van der Waals surface area contributed by atoms with Gasteiger partial charge in [-0.1, -0.05) is 35.1 Å². The van der Waals surface area contributed by atoms with Crippen molar-refractivity contribution in [2.75, 3.05) is 24.7 Å². The molecule has 4 rings (SSSR count). The van der Waals surface area contributed by atoms with Crippen LogP contribution in [0.25, 0.3) is 11.0 Å². The predicted molar refractivity (Wildman–Crippen MR) is 110 cm³/mol. The standard InChI is InChI=1S/C16H17Cl2F3N8S/c1-30-27-4-2-9(3-5-27)28-7-11(13(18)26-28)23-15-22-6-10-12(17)25-29(14(10)24-15)8-16(19,20)21/h6-7,9H,2-5,8H2,1H3,(H,22,23,24). The minimum absolute atomic E-state index is 0.0252. The van der Waals surface area contributed by atoms with Crippen LogP contribution in [0.15, 0.2) is 12.4 Å². The Hall–Kier alpha value is -1.76. The van der Waals surface area contributed by atoms with Gasteiger partial charge in [0.1, 0.15) is 6.54 Å². The van der Waals surface area contributed by atoms with Crippen molar-refractivity contribution in [1.82, 2.24) is 33.8 Å². The molecule has 1 N–H and O–H groups in total. The summed E-state index contributed by atoms with van der Waals surface area (Å²) in [4.78, 5) is 8.26. The highest BCUT2D eigenvalue weighted by atomic mass is 35.5. The third-order valence-electron chi connectivity index (χ3n) is 4.76. The normalized spacial score (nSPS) is 16.5. The monoisotopic (exact) mass is 480 g/mol. The Kier molecular flexibility index (Phi) is 6.02. The van der Waals surface area contributed by atoms with Gasteiger partial charge in [0.05, 0.1) is 23.3 Å². The van der Waals surface area contributed by atoms with E-state index in [1.165, 1.54) is 6.20 Å². The van der Waals surface area contributed by atoms with Crippen LogP contribution in [0.1, 0.15) is 18.9 Å². The van der Waals surface area contributed by atoms with E-state index in [-0.39, 0.29) is 33.3 Å². The molecule has 1 fully saturated rings. The summed E-state index contributed by atoms with van der Waals surface area (Å²) in [5, 5.41) is 11.4. The molecule has 162 valence electrons. The van der Waals surface area contributed by atoms with Crippen LogP contribution in [0.2, 0.25) is 10.3 Å². The first-order chi connectivity index (χ1) is 14.2. The predicted octanol–water partition coefficient (Wildman–Crippen LogP) is 4.55. The molecule has 1 saturated heterocycles. The molecule has 0 aliphatic carbocycles. The van der Waals surface area contributed by atoms with Crippen LogP contribution in [0, 0.1) is 0 Å². The van der Waals surface area contributed by atoms with Crippen molar-refractivity contribution in [3.8, 4) is 0 Å². The number of rotatable bonds is 5. The quantitative estimate of drug-likeness (QED) is 0.536. The molecular weight excluding hydrogens is 464 g/mol. The van der Waals surface area contributed by atoms with Gasteiger partial charge in [-0.25, -0.2) is 9.67 Å². The van der Waals surface area contributed by atoms with Crippen LogP contribution < -0.4 is 5.32 Å². The topological polar surface area (TPSA) is 76.7 Å². The summed E-state index contributed by atoms with van der Waals surface area (Å²) in [6, 6.07) is 0.219.